The van der Waals surface area contributed by atoms with E-state index in [1.807, 2.05) is 36.6 Å². The molecule has 2 rings (SSSR count). The van der Waals surface area contributed by atoms with Gasteiger partial charge in [0.1, 0.15) is 5.75 Å². The molecule has 0 spiro atoms. The highest BCUT2D eigenvalue weighted by molar-refractivity contribution is 9.10. The number of anilines is 1. The first kappa shape index (κ1) is 15.0. The highest BCUT2D eigenvalue weighted by atomic mass is 79.9. The number of nitrogens with zero attached hydrogens (tertiary/aromatic N) is 1. The quantitative estimate of drug-likeness (QED) is 0.827. The zero-order valence-corrected chi connectivity index (χ0v) is 13.6. The fourth-order valence-electron chi connectivity index (χ4n) is 1.59. The number of carbonyl (C=O) groups is 1. The maximum absolute atomic E-state index is 11.8. The molecule has 1 N–H and O–H groups in total. The second-order valence-electron chi connectivity index (χ2n) is 4.13. The number of amides is 1. The van der Waals surface area contributed by atoms with Crippen LogP contribution in [0.4, 0.5) is 5.13 Å². The standard InChI is InChI=1S/C14H15BrN2O2S/c1-3-11(15)13(18)17-14-16-12(8-20-14)9-4-6-10(19-2)7-5-9/h4-8,11H,3H2,1-2H3,(H,16,17,18). The summed E-state index contributed by atoms with van der Waals surface area (Å²) < 4.78 is 5.12. The van der Waals surface area contributed by atoms with E-state index in [-0.39, 0.29) is 10.7 Å². The summed E-state index contributed by atoms with van der Waals surface area (Å²) in [4.78, 5) is 16.0. The van der Waals surface area contributed by atoms with Crippen molar-refractivity contribution < 1.29 is 9.53 Å². The number of ether oxygens (including phenoxy) is 1. The molecule has 0 bridgehead atoms. The van der Waals surface area contributed by atoms with Crippen molar-refractivity contribution in [3.05, 3.63) is 29.6 Å². The summed E-state index contributed by atoms with van der Waals surface area (Å²) in [5, 5.41) is 5.34. The molecule has 1 unspecified atom stereocenters. The average Bonchev–Trinajstić information content (AvgIpc) is 2.94. The molecule has 0 aliphatic heterocycles. The number of thiazole rings is 1. The Labute approximate surface area is 130 Å². The highest BCUT2D eigenvalue weighted by Crippen LogP contribution is 2.26. The van der Waals surface area contributed by atoms with Crippen LogP contribution in [-0.2, 0) is 4.79 Å². The summed E-state index contributed by atoms with van der Waals surface area (Å²) in [6.07, 6.45) is 0.739. The molecule has 0 saturated carbocycles. The van der Waals surface area contributed by atoms with Gasteiger partial charge >= 0.3 is 0 Å². The lowest BCUT2D eigenvalue weighted by Crippen LogP contribution is -2.21. The van der Waals surface area contributed by atoms with Crippen molar-refractivity contribution in [1.29, 1.82) is 0 Å². The molecule has 1 aromatic carbocycles. The lowest BCUT2D eigenvalue weighted by Gasteiger charge is -2.05. The van der Waals surface area contributed by atoms with Crippen molar-refractivity contribution >= 4 is 38.3 Å². The van der Waals surface area contributed by atoms with Crippen LogP contribution in [0.2, 0.25) is 0 Å². The fourth-order valence-corrected chi connectivity index (χ4v) is 2.43. The minimum absolute atomic E-state index is 0.0665. The second-order valence-corrected chi connectivity index (χ2v) is 6.09. The third kappa shape index (κ3) is 3.58. The number of rotatable bonds is 5. The van der Waals surface area contributed by atoms with Gasteiger partial charge in [-0.2, -0.15) is 0 Å². The lowest BCUT2D eigenvalue weighted by molar-refractivity contribution is -0.115. The lowest BCUT2D eigenvalue weighted by atomic mass is 10.2. The van der Waals surface area contributed by atoms with Crippen molar-refractivity contribution in [2.45, 2.75) is 18.2 Å². The topological polar surface area (TPSA) is 51.2 Å². The van der Waals surface area contributed by atoms with E-state index in [2.05, 4.69) is 26.2 Å². The zero-order chi connectivity index (χ0) is 14.5. The van der Waals surface area contributed by atoms with E-state index in [1.54, 1.807) is 7.11 Å². The number of halogens is 1. The number of hydrogen-bond donors (Lipinski definition) is 1. The minimum atomic E-state index is -0.184. The second kappa shape index (κ2) is 6.85. The first-order chi connectivity index (χ1) is 9.63. The molecule has 0 radical (unpaired) electrons. The average molecular weight is 355 g/mol. The minimum Gasteiger partial charge on any atom is -0.497 e. The predicted octanol–water partition coefficient (Wildman–Crippen LogP) is 3.93. The van der Waals surface area contributed by atoms with Crippen molar-refractivity contribution in [3.63, 3.8) is 0 Å². The van der Waals surface area contributed by atoms with Crippen LogP contribution in [-0.4, -0.2) is 22.8 Å². The van der Waals surface area contributed by atoms with Gasteiger partial charge in [0.05, 0.1) is 17.6 Å². The van der Waals surface area contributed by atoms with Crippen LogP contribution in [0.1, 0.15) is 13.3 Å². The Morgan fingerprint density at radius 3 is 2.75 bits per heavy atom. The summed E-state index contributed by atoms with van der Waals surface area (Å²) in [5.41, 5.74) is 1.84. The van der Waals surface area contributed by atoms with E-state index in [0.717, 1.165) is 23.4 Å². The molecule has 0 aliphatic carbocycles. The molecule has 0 fully saturated rings. The normalized spacial score (nSPS) is 11.9. The number of alkyl halides is 1. The Kier molecular flexibility index (Phi) is 5.14. The largest absolute Gasteiger partial charge is 0.497 e. The van der Waals surface area contributed by atoms with Gasteiger partial charge in [-0.3, -0.25) is 4.79 Å². The van der Waals surface area contributed by atoms with Crippen molar-refractivity contribution in [2.24, 2.45) is 0 Å². The molecule has 2 aromatic rings. The van der Waals surface area contributed by atoms with E-state index in [9.17, 15) is 4.79 Å². The van der Waals surface area contributed by atoms with Gasteiger partial charge in [-0.15, -0.1) is 11.3 Å². The van der Waals surface area contributed by atoms with Gasteiger partial charge in [0, 0.05) is 10.9 Å². The Hall–Kier alpha value is -1.40. The van der Waals surface area contributed by atoms with Crippen LogP contribution in [0.15, 0.2) is 29.6 Å². The summed E-state index contributed by atoms with van der Waals surface area (Å²) in [6.45, 7) is 1.95. The van der Waals surface area contributed by atoms with Crippen LogP contribution in [0.25, 0.3) is 11.3 Å². The van der Waals surface area contributed by atoms with Crippen LogP contribution in [0.3, 0.4) is 0 Å². The number of methoxy groups -OCH3 is 1. The van der Waals surface area contributed by atoms with Crippen LogP contribution >= 0.6 is 27.3 Å². The Balaban J connectivity index is 2.10. The number of hydrogen-bond acceptors (Lipinski definition) is 4. The van der Waals surface area contributed by atoms with E-state index in [1.165, 1.54) is 11.3 Å². The first-order valence-electron chi connectivity index (χ1n) is 6.19. The third-order valence-electron chi connectivity index (χ3n) is 2.76. The molecule has 0 aliphatic rings. The molecular weight excluding hydrogens is 340 g/mol. The van der Waals surface area contributed by atoms with Gasteiger partial charge in [-0.1, -0.05) is 22.9 Å². The van der Waals surface area contributed by atoms with Gasteiger partial charge in [-0.05, 0) is 30.7 Å². The smallest absolute Gasteiger partial charge is 0.239 e. The van der Waals surface area contributed by atoms with E-state index in [4.69, 9.17) is 4.74 Å². The molecule has 0 saturated heterocycles. The van der Waals surface area contributed by atoms with Crippen LogP contribution < -0.4 is 10.1 Å². The molecular formula is C14H15BrN2O2S. The monoisotopic (exact) mass is 354 g/mol. The SMILES string of the molecule is CCC(Br)C(=O)Nc1nc(-c2ccc(OC)cc2)cs1. The summed E-state index contributed by atoms with van der Waals surface area (Å²) in [7, 11) is 1.63. The maximum Gasteiger partial charge on any atom is 0.239 e. The number of aromatic nitrogens is 1. The molecule has 1 amide bonds. The Bertz CT molecular complexity index is 583. The van der Waals surface area contributed by atoms with E-state index >= 15 is 0 Å². The molecule has 6 heteroatoms. The summed E-state index contributed by atoms with van der Waals surface area (Å²) >= 11 is 4.73. The number of nitrogens with one attached hydrogen (secondary N) is 1. The summed E-state index contributed by atoms with van der Waals surface area (Å²) in [5.74, 6) is 0.741. The highest BCUT2D eigenvalue weighted by Gasteiger charge is 2.14. The fraction of sp³-hybridized carbons (Fsp3) is 0.286. The molecule has 1 atom stereocenters. The van der Waals surface area contributed by atoms with Crippen molar-refractivity contribution in [3.8, 4) is 17.0 Å². The number of benzene rings is 1. The van der Waals surface area contributed by atoms with Crippen LogP contribution in [0.5, 0.6) is 5.75 Å². The van der Waals surface area contributed by atoms with Crippen LogP contribution in [0, 0.1) is 0 Å². The van der Waals surface area contributed by atoms with E-state index < -0.39 is 0 Å². The van der Waals surface area contributed by atoms with Gasteiger partial charge in [0.2, 0.25) is 5.91 Å². The molecule has 4 nitrogen and oxygen atoms in total. The van der Waals surface area contributed by atoms with Gasteiger partial charge in [0.25, 0.3) is 0 Å². The summed E-state index contributed by atoms with van der Waals surface area (Å²) in [6, 6.07) is 7.66. The first-order valence-corrected chi connectivity index (χ1v) is 7.98. The molecule has 20 heavy (non-hydrogen) atoms. The third-order valence-corrected chi connectivity index (χ3v) is 4.58. The Morgan fingerprint density at radius 2 is 2.15 bits per heavy atom. The predicted molar refractivity (Wildman–Crippen MR) is 85.7 cm³/mol. The van der Waals surface area contributed by atoms with Gasteiger partial charge < -0.3 is 10.1 Å². The maximum atomic E-state index is 11.8. The zero-order valence-electron chi connectivity index (χ0n) is 11.2. The van der Waals surface area contributed by atoms with Crippen molar-refractivity contribution in [1.82, 2.24) is 4.98 Å². The van der Waals surface area contributed by atoms with Crippen molar-refractivity contribution in [2.75, 3.05) is 12.4 Å². The Morgan fingerprint density at radius 1 is 1.45 bits per heavy atom. The molecule has 1 heterocycles. The number of carbonyl (C=O) groups excluding carboxylic acids is 1. The molecule has 106 valence electrons. The van der Waals surface area contributed by atoms with Gasteiger partial charge in [0.15, 0.2) is 5.13 Å². The molecule has 1 aromatic heterocycles. The van der Waals surface area contributed by atoms with E-state index in [0.29, 0.717) is 5.13 Å². The van der Waals surface area contributed by atoms with Gasteiger partial charge in [-0.25, -0.2) is 4.98 Å².